The molecule has 12 heavy (non-hydrogen) atoms. The fourth-order valence-corrected chi connectivity index (χ4v) is 1.50. The van der Waals surface area contributed by atoms with Gasteiger partial charge >= 0.3 is 0 Å². The predicted molar refractivity (Wildman–Crippen MR) is 57.9 cm³/mol. The molecule has 1 heteroatoms. The van der Waals surface area contributed by atoms with Gasteiger partial charge in [0.15, 0.2) is 0 Å². The number of thioether (sulfide) groups is 1. The Morgan fingerprint density at radius 3 is 2.33 bits per heavy atom. The van der Waals surface area contributed by atoms with E-state index in [1.165, 1.54) is 17.5 Å². The molecule has 0 aliphatic heterocycles. The van der Waals surface area contributed by atoms with Gasteiger partial charge in [-0.1, -0.05) is 36.8 Å². The van der Waals surface area contributed by atoms with Crippen molar-refractivity contribution in [2.75, 3.05) is 6.26 Å². The van der Waals surface area contributed by atoms with Gasteiger partial charge in [-0.2, -0.15) is 11.8 Å². The Hall–Kier alpha value is -0.430. The summed E-state index contributed by atoms with van der Waals surface area (Å²) in [5.41, 5.74) is 2.79. The minimum absolute atomic E-state index is 0.729. The van der Waals surface area contributed by atoms with E-state index in [-0.39, 0.29) is 0 Å². The van der Waals surface area contributed by atoms with Crippen molar-refractivity contribution in [3.63, 3.8) is 0 Å². The zero-order chi connectivity index (χ0) is 8.97. The summed E-state index contributed by atoms with van der Waals surface area (Å²) in [6, 6.07) is 8.81. The van der Waals surface area contributed by atoms with Gasteiger partial charge in [-0.3, -0.25) is 0 Å². The van der Waals surface area contributed by atoms with Crippen molar-refractivity contribution in [1.29, 1.82) is 0 Å². The van der Waals surface area contributed by atoms with Crippen LogP contribution < -0.4 is 0 Å². The topological polar surface area (TPSA) is 0 Å². The summed E-state index contributed by atoms with van der Waals surface area (Å²) in [5, 5.41) is 0.729. The number of hydrogen-bond acceptors (Lipinski definition) is 1. The lowest BCUT2D eigenvalue weighted by Gasteiger charge is -2.07. The molecule has 0 aliphatic carbocycles. The molecule has 1 rings (SSSR count). The van der Waals surface area contributed by atoms with Crippen LogP contribution in [0.15, 0.2) is 24.3 Å². The van der Waals surface area contributed by atoms with E-state index in [2.05, 4.69) is 44.4 Å². The lowest BCUT2D eigenvalue weighted by Crippen LogP contribution is -1.99. The third-order valence-electron chi connectivity index (χ3n) is 2.05. The van der Waals surface area contributed by atoms with Crippen LogP contribution >= 0.6 is 11.8 Å². The highest BCUT2D eigenvalue weighted by Gasteiger charge is 2.00. The van der Waals surface area contributed by atoms with Crippen molar-refractivity contribution in [3.8, 4) is 0 Å². The van der Waals surface area contributed by atoms with E-state index in [1.807, 2.05) is 11.8 Å². The number of aryl methyl sites for hydroxylation is 1. The molecular formula is C11H16S. The van der Waals surface area contributed by atoms with E-state index in [0.717, 1.165) is 5.25 Å². The third-order valence-corrected chi connectivity index (χ3v) is 3.02. The fourth-order valence-electron chi connectivity index (χ4n) is 1.14. The number of hydrogen-bond donors (Lipinski definition) is 0. The quantitative estimate of drug-likeness (QED) is 0.688. The van der Waals surface area contributed by atoms with E-state index in [1.54, 1.807) is 0 Å². The standard InChI is InChI=1S/C11H16S/c1-9-4-6-11(7-5-9)8-10(2)12-3/h4-7,10H,8H2,1-3H3. The molecule has 0 radical (unpaired) electrons. The van der Waals surface area contributed by atoms with Crippen LogP contribution in [0.1, 0.15) is 18.1 Å². The molecule has 0 amide bonds. The minimum atomic E-state index is 0.729. The van der Waals surface area contributed by atoms with Gasteiger partial charge in [0.1, 0.15) is 0 Å². The van der Waals surface area contributed by atoms with Crippen molar-refractivity contribution in [2.45, 2.75) is 25.5 Å². The van der Waals surface area contributed by atoms with Crippen molar-refractivity contribution >= 4 is 11.8 Å². The summed E-state index contributed by atoms with van der Waals surface area (Å²) < 4.78 is 0. The summed E-state index contributed by atoms with van der Waals surface area (Å²) >= 11 is 1.92. The van der Waals surface area contributed by atoms with Gasteiger partial charge in [0.2, 0.25) is 0 Å². The Balaban J connectivity index is 2.58. The number of benzene rings is 1. The zero-order valence-corrected chi connectivity index (χ0v) is 8.82. The Morgan fingerprint density at radius 2 is 1.83 bits per heavy atom. The molecule has 0 saturated carbocycles. The van der Waals surface area contributed by atoms with Crippen LogP contribution in [0, 0.1) is 6.92 Å². The van der Waals surface area contributed by atoms with Crippen LogP contribution in [0.2, 0.25) is 0 Å². The first-order valence-corrected chi connectivity index (χ1v) is 5.59. The van der Waals surface area contributed by atoms with Gasteiger partial charge in [0.25, 0.3) is 0 Å². The maximum Gasteiger partial charge on any atom is 0.00563 e. The fraction of sp³-hybridized carbons (Fsp3) is 0.455. The second kappa shape index (κ2) is 4.56. The van der Waals surface area contributed by atoms with Crippen molar-refractivity contribution < 1.29 is 0 Å². The monoisotopic (exact) mass is 180 g/mol. The Morgan fingerprint density at radius 1 is 1.25 bits per heavy atom. The van der Waals surface area contributed by atoms with Crippen LogP contribution in [0.3, 0.4) is 0 Å². The SMILES string of the molecule is CSC(C)Cc1ccc(C)cc1. The first kappa shape index (κ1) is 9.66. The van der Waals surface area contributed by atoms with Crippen LogP contribution in [0.25, 0.3) is 0 Å². The molecule has 0 spiro atoms. The van der Waals surface area contributed by atoms with E-state index in [4.69, 9.17) is 0 Å². The lowest BCUT2D eigenvalue weighted by molar-refractivity contribution is 0.945. The summed E-state index contributed by atoms with van der Waals surface area (Å²) in [6.45, 7) is 4.40. The van der Waals surface area contributed by atoms with Crippen LogP contribution in [0.5, 0.6) is 0 Å². The maximum atomic E-state index is 2.27. The zero-order valence-electron chi connectivity index (χ0n) is 8.00. The largest absolute Gasteiger partial charge is 0.162 e. The third kappa shape index (κ3) is 2.90. The molecule has 1 unspecified atom stereocenters. The molecule has 0 nitrogen and oxygen atoms in total. The molecule has 0 aromatic heterocycles. The molecular weight excluding hydrogens is 164 g/mol. The second-order valence-corrected chi connectivity index (χ2v) is 4.51. The van der Waals surface area contributed by atoms with Crippen molar-refractivity contribution in [1.82, 2.24) is 0 Å². The molecule has 0 heterocycles. The summed E-state index contributed by atoms with van der Waals surface area (Å²) in [6.07, 6.45) is 3.35. The predicted octanol–water partition coefficient (Wildman–Crippen LogP) is 3.29. The summed E-state index contributed by atoms with van der Waals surface area (Å²) in [4.78, 5) is 0. The molecule has 1 aromatic carbocycles. The molecule has 0 N–H and O–H groups in total. The normalized spacial score (nSPS) is 12.9. The van der Waals surface area contributed by atoms with Crippen molar-refractivity contribution in [3.05, 3.63) is 35.4 Å². The molecule has 0 fully saturated rings. The van der Waals surface area contributed by atoms with Gasteiger partial charge in [-0.25, -0.2) is 0 Å². The molecule has 0 aliphatic rings. The first-order valence-electron chi connectivity index (χ1n) is 4.30. The van der Waals surface area contributed by atoms with Gasteiger partial charge in [0.05, 0.1) is 0 Å². The van der Waals surface area contributed by atoms with E-state index in [0.29, 0.717) is 0 Å². The highest BCUT2D eigenvalue weighted by atomic mass is 32.2. The Labute approximate surface area is 79.4 Å². The highest BCUT2D eigenvalue weighted by molar-refractivity contribution is 7.99. The average molecular weight is 180 g/mol. The van der Waals surface area contributed by atoms with Gasteiger partial charge in [-0.15, -0.1) is 0 Å². The molecule has 0 bridgehead atoms. The van der Waals surface area contributed by atoms with E-state index >= 15 is 0 Å². The Kier molecular flexibility index (Phi) is 3.67. The van der Waals surface area contributed by atoms with Gasteiger partial charge in [-0.05, 0) is 25.2 Å². The summed E-state index contributed by atoms with van der Waals surface area (Å²) in [5.74, 6) is 0. The van der Waals surface area contributed by atoms with E-state index in [9.17, 15) is 0 Å². The minimum Gasteiger partial charge on any atom is -0.162 e. The highest BCUT2D eigenvalue weighted by Crippen LogP contribution is 2.13. The number of rotatable bonds is 3. The second-order valence-electron chi connectivity index (χ2n) is 3.24. The molecule has 0 saturated heterocycles. The van der Waals surface area contributed by atoms with Crippen LogP contribution in [-0.4, -0.2) is 11.5 Å². The van der Waals surface area contributed by atoms with Gasteiger partial charge < -0.3 is 0 Å². The maximum absolute atomic E-state index is 2.27. The van der Waals surface area contributed by atoms with Crippen LogP contribution in [-0.2, 0) is 6.42 Å². The first-order chi connectivity index (χ1) is 5.72. The average Bonchev–Trinajstić information content (AvgIpc) is 2.09. The smallest absolute Gasteiger partial charge is 0.00563 e. The lowest BCUT2D eigenvalue weighted by atomic mass is 10.1. The van der Waals surface area contributed by atoms with E-state index < -0.39 is 0 Å². The molecule has 1 aromatic rings. The van der Waals surface area contributed by atoms with Crippen LogP contribution in [0.4, 0.5) is 0 Å². The summed E-state index contributed by atoms with van der Waals surface area (Å²) in [7, 11) is 0. The molecule has 66 valence electrons. The van der Waals surface area contributed by atoms with Gasteiger partial charge in [0, 0.05) is 5.25 Å². The van der Waals surface area contributed by atoms with Crippen molar-refractivity contribution in [2.24, 2.45) is 0 Å². The Bertz CT molecular complexity index is 225. The molecule has 1 atom stereocenters.